The molecular formula is C18H17F3N2O4S. The van der Waals surface area contributed by atoms with Gasteiger partial charge in [-0.3, -0.25) is 14.9 Å². The van der Waals surface area contributed by atoms with Crippen molar-refractivity contribution < 1.29 is 27.6 Å². The average Bonchev–Trinajstić information content (AvgIpc) is 2.60. The van der Waals surface area contributed by atoms with Crippen LogP contribution < -0.4 is 10.1 Å². The van der Waals surface area contributed by atoms with Crippen molar-refractivity contribution in [3.05, 3.63) is 58.1 Å². The first-order valence-electron chi connectivity index (χ1n) is 8.11. The van der Waals surface area contributed by atoms with E-state index < -0.39 is 28.3 Å². The fourth-order valence-electron chi connectivity index (χ4n) is 2.19. The summed E-state index contributed by atoms with van der Waals surface area (Å²) in [7, 11) is 0. The van der Waals surface area contributed by atoms with E-state index in [0.29, 0.717) is 17.5 Å². The third-order valence-electron chi connectivity index (χ3n) is 3.35. The molecule has 2 aromatic rings. The topological polar surface area (TPSA) is 81.5 Å². The zero-order valence-corrected chi connectivity index (χ0v) is 15.8. The van der Waals surface area contributed by atoms with E-state index >= 15 is 0 Å². The van der Waals surface area contributed by atoms with Crippen molar-refractivity contribution in [2.24, 2.45) is 0 Å². The summed E-state index contributed by atoms with van der Waals surface area (Å²) in [5, 5.41) is 13.7. The molecular weight excluding hydrogens is 397 g/mol. The van der Waals surface area contributed by atoms with Gasteiger partial charge in [0.15, 0.2) is 0 Å². The summed E-state index contributed by atoms with van der Waals surface area (Å²) >= 11 is 0.788. The molecule has 28 heavy (non-hydrogen) atoms. The molecule has 0 atom stereocenters. The Morgan fingerprint density at radius 3 is 2.39 bits per heavy atom. The molecule has 0 unspecified atom stereocenters. The number of hydrogen-bond acceptors (Lipinski definition) is 5. The van der Waals surface area contributed by atoms with Crippen LogP contribution in [-0.2, 0) is 11.0 Å². The molecule has 6 nitrogen and oxygen atoms in total. The maximum absolute atomic E-state index is 12.7. The van der Waals surface area contributed by atoms with Crippen LogP contribution >= 0.6 is 11.8 Å². The van der Waals surface area contributed by atoms with E-state index in [1.54, 1.807) is 24.3 Å². The van der Waals surface area contributed by atoms with Crippen LogP contribution in [0.25, 0.3) is 0 Å². The number of thioether (sulfide) groups is 1. The van der Waals surface area contributed by atoms with E-state index in [2.05, 4.69) is 5.32 Å². The largest absolute Gasteiger partial charge is 0.491 e. The van der Waals surface area contributed by atoms with E-state index in [4.69, 9.17) is 4.74 Å². The van der Waals surface area contributed by atoms with Gasteiger partial charge in [0.1, 0.15) is 5.75 Å². The number of hydrogen-bond donors (Lipinski definition) is 1. The number of halogens is 3. The van der Waals surface area contributed by atoms with Crippen molar-refractivity contribution in [3.63, 3.8) is 0 Å². The summed E-state index contributed by atoms with van der Waals surface area (Å²) in [5.41, 5.74) is -1.30. The van der Waals surface area contributed by atoms with Gasteiger partial charge in [-0.05, 0) is 50.2 Å². The van der Waals surface area contributed by atoms with E-state index in [1.807, 2.05) is 13.8 Å². The van der Waals surface area contributed by atoms with Crippen molar-refractivity contribution in [2.75, 3.05) is 11.1 Å². The van der Waals surface area contributed by atoms with Gasteiger partial charge in [0, 0.05) is 11.8 Å². The second-order valence-electron chi connectivity index (χ2n) is 5.97. The summed E-state index contributed by atoms with van der Waals surface area (Å²) in [5.74, 6) is -0.00401. The van der Waals surface area contributed by atoms with Crippen molar-refractivity contribution in [1.82, 2.24) is 0 Å². The zero-order chi connectivity index (χ0) is 20.9. The number of rotatable bonds is 7. The van der Waals surface area contributed by atoms with Crippen LogP contribution in [0.2, 0.25) is 0 Å². The van der Waals surface area contributed by atoms with Gasteiger partial charge in [0.25, 0.3) is 5.69 Å². The van der Waals surface area contributed by atoms with Gasteiger partial charge in [0.05, 0.1) is 27.2 Å². The highest BCUT2D eigenvalue weighted by Crippen LogP contribution is 2.36. The molecule has 10 heteroatoms. The molecule has 0 spiro atoms. The molecule has 0 fully saturated rings. The lowest BCUT2D eigenvalue weighted by Gasteiger charge is -2.11. The lowest BCUT2D eigenvalue weighted by atomic mass is 10.2. The molecule has 2 aromatic carbocycles. The Bertz CT molecular complexity index is 855. The molecule has 150 valence electrons. The molecule has 0 saturated carbocycles. The molecule has 0 bridgehead atoms. The number of carbonyl (C=O) groups excluding carboxylic acids is 1. The van der Waals surface area contributed by atoms with Crippen LogP contribution in [0.5, 0.6) is 5.75 Å². The van der Waals surface area contributed by atoms with E-state index in [9.17, 15) is 28.1 Å². The summed E-state index contributed by atoms with van der Waals surface area (Å²) in [6.07, 6.45) is -4.67. The summed E-state index contributed by atoms with van der Waals surface area (Å²) < 4.78 is 43.6. The number of carbonyl (C=O) groups is 1. The van der Waals surface area contributed by atoms with Crippen molar-refractivity contribution in [3.8, 4) is 5.75 Å². The fourth-order valence-corrected chi connectivity index (χ4v) is 2.99. The molecule has 1 amide bonds. The van der Waals surface area contributed by atoms with Crippen LogP contribution in [0.15, 0.2) is 47.4 Å². The number of nitro benzene ring substituents is 1. The van der Waals surface area contributed by atoms with Gasteiger partial charge in [0.2, 0.25) is 5.91 Å². The monoisotopic (exact) mass is 414 g/mol. The second kappa shape index (κ2) is 8.96. The van der Waals surface area contributed by atoms with Gasteiger partial charge < -0.3 is 10.1 Å². The highest BCUT2D eigenvalue weighted by atomic mass is 32.2. The highest BCUT2D eigenvalue weighted by molar-refractivity contribution is 8.00. The number of nitro groups is 1. The van der Waals surface area contributed by atoms with Crippen LogP contribution in [0, 0.1) is 10.1 Å². The number of nitrogens with zero attached hydrogens (tertiary/aromatic N) is 1. The number of alkyl halides is 3. The summed E-state index contributed by atoms with van der Waals surface area (Å²) in [6.45, 7) is 3.76. The van der Waals surface area contributed by atoms with E-state index in [-0.39, 0.29) is 16.8 Å². The first-order valence-corrected chi connectivity index (χ1v) is 9.10. The summed E-state index contributed by atoms with van der Waals surface area (Å²) in [6, 6.07) is 8.86. The Morgan fingerprint density at radius 1 is 1.21 bits per heavy atom. The van der Waals surface area contributed by atoms with Crippen LogP contribution in [0.3, 0.4) is 0 Å². The standard InChI is InChI=1S/C18H17F3N2O4S/c1-11(2)27-14-6-4-13(5-7-14)22-17(24)10-28-16-8-3-12(18(19,20)21)9-15(16)23(25)26/h3-9,11H,10H2,1-2H3,(H,22,24). The van der Waals surface area contributed by atoms with Crippen molar-refractivity contribution in [2.45, 2.75) is 31.0 Å². The third-order valence-corrected chi connectivity index (χ3v) is 4.41. The minimum atomic E-state index is -4.68. The normalized spacial score (nSPS) is 11.4. The Labute approximate surface area is 163 Å². The van der Waals surface area contributed by atoms with Crippen LogP contribution in [0.4, 0.5) is 24.5 Å². The maximum Gasteiger partial charge on any atom is 0.416 e. The molecule has 0 aliphatic rings. The predicted molar refractivity (Wildman–Crippen MR) is 99.7 cm³/mol. The molecule has 0 heterocycles. The lowest BCUT2D eigenvalue weighted by molar-refractivity contribution is -0.388. The van der Waals surface area contributed by atoms with Gasteiger partial charge in [-0.25, -0.2) is 0 Å². The molecule has 2 rings (SSSR count). The van der Waals surface area contributed by atoms with Crippen molar-refractivity contribution in [1.29, 1.82) is 0 Å². The van der Waals surface area contributed by atoms with Gasteiger partial charge in [-0.1, -0.05) is 0 Å². The van der Waals surface area contributed by atoms with E-state index in [1.165, 1.54) is 0 Å². The van der Waals surface area contributed by atoms with Crippen LogP contribution in [-0.4, -0.2) is 22.7 Å². The van der Waals surface area contributed by atoms with E-state index in [0.717, 1.165) is 23.9 Å². The number of amides is 1. The van der Waals surface area contributed by atoms with Crippen LogP contribution in [0.1, 0.15) is 19.4 Å². The molecule has 0 radical (unpaired) electrons. The smallest absolute Gasteiger partial charge is 0.416 e. The Balaban J connectivity index is 2.01. The van der Waals surface area contributed by atoms with Gasteiger partial charge >= 0.3 is 6.18 Å². The molecule has 0 aromatic heterocycles. The number of benzene rings is 2. The maximum atomic E-state index is 12.7. The lowest BCUT2D eigenvalue weighted by Crippen LogP contribution is -2.14. The van der Waals surface area contributed by atoms with Gasteiger partial charge in [-0.15, -0.1) is 11.8 Å². The molecule has 0 aliphatic heterocycles. The third kappa shape index (κ3) is 6.15. The molecule has 0 aliphatic carbocycles. The first-order chi connectivity index (χ1) is 13.1. The SMILES string of the molecule is CC(C)Oc1ccc(NC(=O)CSc2ccc(C(F)(F)F)cc2[N+](=O)[O-])cc1. The average molecular weight is 414 g/mol. The number of ether oxygens (including phenoxy) is 1. The zero-order valence-electron chi connectivity index (χ0n) is 14.9. The highest BCUT2D eigenvalue weighted by Gasteiger charge is 2.33. The Hall–Kier alpha value is -2.75. The number of nitrogens with one attached hydrogen (secondary N) is 1. The Kier molecular flexibility index (Phi) is 6.90. The number of anilines is 1. The van der Waals surface area contributed by atoms with Crippen molar-refractivity contribution >= 4 is 29.0 Å². The first kappa shape index (κ1) is 21.5. The second-order valence-corrected chi connectivity index (χ2v) is 6.98. The Morgan fingerprint density at radius 2 is 1.86 bits per heavy atom. The molecule has 0 saturated heterocycles. The van der Waals surface area contributed by atoms with Gasteiger partial charge in [-0.2, -0.15) is 13.2 Å². The minimum Gasteiger partial charge on any atom is -0.491 e. The summed E-state index contributed by atoms with van der Waals surface area (Å²) in [4.78, 5) is 22.2. The quantitative estimate of drug-likeness (QED) is 0.386. The predicted octanol–water partition coefficient (Wildman–Crippen LogP) is 5.13. The fraction of sp³-hybridized carbons (Fsp3) is 0.278. The molecule has 1 N–H and O–H groups in total. The minimum absolute atomic E-state index is 0.0105.